The molecular formula is C16H19F3N6. The van der Waals surface area contributed by atoms with Gasteiger partial charge in [0.1, 0.15) is 17.3 Å². The van der Waals surface area contributed by atoms with Crippen LogP contribution in [0.25, 0.3) is 0 Å². The maximum Gasteiger partial charge on any atom is 0.433 e. The van der Waals surface area contributed by atoms with Gasteiger partial charge in [-0.3, -0.25) is 0 Å². The van der Waals surface area contributed by atoms with Crippen LogP contribution < -0.4 is 14.7 Å². The topological polar surface area (TPSA) is 48.4 Å². The third-order valence-corrected chi connectivity index (χ3v) is 3.98. The first-order chi connectivity index (χ1) is 11.8. The molecule has 3 heterocycles. The summed E-state index contributed by atoms with van der Waals surface area (Å²) in [6.07, 6.45) is -2.72. The molecule has 1 aliphatic heterocycles. The van der Waals surface area contributed by atoms with Crippen LogP contribution in [0.3, 0.4) is 0 Å². The lowest BCUT2D eigenvalue weighted by molar-refractivity contribution is -0.141. The summed E-state index contributed by atoms with van der Waals surface area (Å²) in [5, 5.41) is 0. The lowest BCUT2D eigenvalue weighted by atomic mass is 10.2. The van der Waals surface area contributed by atoms with E-state index in [1.807, 2.05) is 30.0 Å². The summed E-state index contributed by atoms with van der Waals surface area (Å²) in [5.74, 6) is 1.79. The van der Waals surface area contributed by atoms with Crippen LogP contribution >= 0.6 is 0 Å². The fraction of sp³-hybridized carbons (Fsp3) is 0.438. The van der Waals surface area contributed by atoms with Crippen LogP contribution in [-0.2, 0) is 6.18 Å². The van der Waals surface area contributed by atoms with E-state index in [1.54, 1.807) is 12.3 Å². The highest BCUT2D eigenvalue weighted by Crippen LogP contribution is 2.29. The lowest BCUT2D eigenvalue weighted by Gasteiger charge is -2.36. The molecule has 1 saturated heterocycles. The maximum absolute atomic E-state index is 12.8. The number of halogens is 3. The average Bonchev–Trinajstić information content (AvgIpc) is 2.61. The van der Waals surface area contributed by atoms with Crippen LogP contribution in [0.2, 0.25) is 0 Å². The molecule has 0 radical (unpaired) electrons. The fourth-order valence-electron chi connectivity index (χ4n) is 2.65. The largest absolute Gasteiger partial charge is 0.433 e. The van der Waals surface area contributed by atoms with Crippen LogP contribution in [0.5, 0.6) is 0 Å². The van der Waals surface area contributed by atoms with Gasteiger partial charge in [0.25, 0.3) is 0 Å². The van der Waals surface area contributed by atoms with Crippen molar-refractivity contribution in [3.8, 4) is 0 Å². The molecule has 0 unspecified atom stereocenters. The van der Waals surface area contributed by atoms with Crippen molar-refractivity contribution in [2.75, 3.05) is 55.0 Å². The summed E-state index contributed by atoms with van der Waals surface area (Å²) in [5.41, 5.74) is -0.862. The van der Waals surface area contributed by atoms with Gasteiger partial charge in [-0.15, -0.1) is 0 Å². The molecule has 1 fully saturated rings. The fourth-order valence-corrected chi connectivity index (χ4v) is 2.65. The Morgan fingerprint density at radius 1 is 0.920 bits per heavy atom. The Morgan fingerprint density at radius 3 is 2.08 bits per heavy atom. The van der Waals surface area contributed by atoms with Crippen molar-refractivity contribution < 1.29 is 13.2 Å². The standard InChI is InChI=1S/C16H19F3N6/c1-23(2)15-20-7-6-14(22-15)25-10-8-24(9-11-25)13-5-3-4-12(21-13)16(17,18)19/h3-7H,8-11H2,1-2H3. The van der Waals surface area contributed by atoms with Gasteiger partial charge in [-0.2, -0.15) is 18.2 Å². The summed E-state index contributed by atoms with van der Waals surface area (Å²) in [7, 11) is 3.74. The van der Waals surface area contributed by atoms with Crippen LogP contribution in [0, 0.1) is 0 Å². The zero-order chi connectivity index (χ0) is 18.0. The Hall–Kier alpha value is -2.58. The van der Waals surface area contributed by atoms with Gasteiger partial charge in [-0.25, -0.2) is 9.97 Å². The van der Waals surface area contributed by atoms with Gasteiger partial charge in [-0.05, 0) is 18.2 Å². The molecule has 0 N–H and O–H groups in total. The minimum absolute atomic E-state index is 0.353. The Balaban J connectivity index is 1.69. The monoisotopic (exact) mass is 352 g/mol. The van der Waals surface area contributed by atoms with Gasteiger partial charge in [0, 0.05) is 46.5 Å². The quantitative estimate of drug-likeness (QED) is 0.845. The molecule has 134 valence electrons. The Labute approximate surface area is 143 Å². The van der Waals surface area contributed by atoms with Crippen molar-refractivity contribution in [1.82, 2.24) is 15.0 Å². The Bertz CT molecular complexity index is 726. The number of hydrogen-bond donors (Lipinski definition) is 0. The van der Waals surface area contributed by atoms with Crippen molar-refractivity contribution in [1.29, 1.82) is 0 Å². The first kappa shape index (κ1) is 17.2. The van der Waals surface area contributed by atoms with E-state index in [0.29, 0.717) is 37.9 Å². The Kier molecular flexibility index (Phi) is 4.65. The van der Waals surface area contributed by atoms with E-state index in [9.17, 15) is 13.2 Å². The normalized spacial score (nSPS) is 15.4. The molecule has 0 spiro atoms. The van der Waals surface area contributed by atoms with E-state index in [1.165, 1.54) is 6.07 Å². The number of piperazine rings is 1. The van der Waals surface area contributed by atoms with Gasteiger partial charge in [-0.1, -0.05) is 6.07 Å². The van der Waals surface area contributed by atoms with Crippen LogP contribution in [-0.4, -0.2) is 55.2 Å². The van der Waals surface area contributed by atoms with Crippen molar-refractivity contribution in [3.63, 3.8) is 0 Å². The summed E-state index contributed by atoms with van der Waals surface area (Å²) >= 11 is 0. The van der Waals surface area contributed by atoms with E-state index in [-0.39, 0.29) is 0 Å². The second-order valence-electron chi connectivity index (χ2n) is 5.96. The zero-order valence-corrected chi connectivity index (χ0v) is 14.0. The molecule has 6 nitrogen and oxygen atoms in total. The highest BCUT2D eigenvalue weighted by molar-refractivity contribution is 5.47. The first-order valence-corrected chi connectivity index (χ1v) is 7.89. The molecule has 0 aliphatic carbocycles. The van der Waals surface area contributed by atoms with E-state index in [4.69, 9.17) is 0 Å². The molecule has 2 aromatic heterocycles. The molecule has 0 bridgehead atoms. The zero-order valence-electron chi connectivity index (χ0n) is 14.0. The molecule has 0 atom stereocenters. The van der Waals surface area contributed by atoms with Crippen LogP contribution in [0.1, 0.15) is 5.69 Å². The number of alkyl halides is 3. The molecule has 0 amide bonds. The third-order valence-electron chi connectivity index (χ3n) is 3.98. The van der Waals surface area contributed by atoms with Gasteiger partial charge in [0.05, 0.1) is 0 Å². The predicted molar refractivity (Wildman–Crippen MR) is 90.0 cm³/mol. The number of aromatic nitrogens is 3. The number of pyridine rings is 1. The van der Waals surface area contributed by atoms with Gasteiger partial charge < -0.3 is 14.7 Å². The second kappa shape index (κ2) is 6.73. The molecule has 25 heavy (non-hydrogen) atoms. The summed E-state index contributed by atoms with van der Waals surface area (Å²) in [6, 6.07) is 5.83. The van der Waals surface area contributed by atoms with E-state index < -0.39 is 11.9 Å². The van der Waals surface area contributed by atoms with Crippen LogP contribution in [0.4, 0.5) is 30.8 Å². The minimum atomic E-state index is -4.43. The van der Waals surface area contributed by atoms with Crippen molar-refractivity contribution in [2.24, 2.45) is 0 Å². The number of anilines is 3. The SMILES string of the molecule is CN(C)c1nccc(N2CCN(c3cccc(C(F)(F)F)n3)CC2)n1. The smallest absolute Gasteiger partial charge is 0.353 e. The summed E-state index contributed by atoms with van der Waals surface area (Å²) in [6.45, 7) is 2.47. The first-order valence-electron chi connectivity index (χ1n) is 7.89. The highest BCUT2D eigenvalue weighted by atomic mass is 19.4. The highest BCUT2D eigenvalue weighted by Gasteiger charge is 2.33. The molecule has 0 aromatic carbocycles. The van der Waals surface area contributed by atoms with E-state index in [2.05, 4.69) is 19.9 Å². The number of rotatable bonds is 3. The van der Waals surface area contributed by atoms with Gasteiger partial charge in [0.15, 0.2) is 0 Å². The average molecular weight is 352 g/mol. The third kappa shape index (κ3) is 3.92. The second-order valence-corrected chi connectivity index (χ2v) is 5.96. The molecule has 9 heteroatoms. The maximum atomic E-state index is 12.8. The summed E-state index contributed by atoms with van der Waals surface area (Å²) < 4.78 is 38.4. The summed E-state index contributed by atoms with van der Waals surface area (Å²) in [4.78, 5) is 18.2. The molecule has 1 aliphatic rings. The van der Waals surface area contributed by atoms with Crippen molar-refractivity contribution in [3.05, 3.63) is 36.2 Å². The Morgan fingerprint density at radius 2 is 1.52 bits per heavy atom. The van der Waals surface area contributed by atoms with Crippen molar-refractivity contribution in [2.45, 2.75) is 6.18 Å². The number of nitrogens with zero attached hydrogens (tertiary/aromatic N) is 6. The van der Waals surface area contributed by atoms with E-state index >= 15 is 0 Å². The van der Waals surface area contributed by atoms with Gasteiger partial charge >= 0.3 is 6.18 Å². The minimum Gasteiger partial charge on any atom is -0.353 e. The molecule has 0 saturated carbocycles. The predicted octanol–water partition coefficient (Wildman–Crippen LogP) is 2.28. The van der Waals surface area contributed by atoms with E-state index in [0.717, 1.165) is 11.9 Å². The molecule has 3 rings (SSSR count). The number of hydrogen-bond acceptors (Lipinski definition) is 6. The molecular weight excluding hydrogens is 333 g/mol. The van der Waals surface area contributed by atoms with Crippen LogP contribution in [0.15, 0.2) is 30.5 Å². The van der Waals surface area contributed by atoms with Gasteiger partial charge in [0.2, 0.25) is 5.95 Å². The molecule has 2 aromatic rings. The lowest BCUT2D eigenvalue weighted by Crippen LogP contribution is -2.47. The van der Waals surface area contributed by atoms with Crippen molar-refractivity contribution >= 4 is 17.6 Å².